The molecule has 116 valence electrons. The van der Waals surface area contributed by atoms with Crippen molar-refractivity contribution in [3.63, 3.8) is 0 Å². The van der Waals surface area contributed by atoms with Gasteiger partial charge in [-0.2, -0.15) is 0 Å². The average Bonchev–Trinajstić information content (AvgIpc) is 2.92. The van der Waals surface area contributed by atoms with Gasteiger partial charge in [0.05, 0.1) is 5.52 Å². The van der Waals surface area contributed by atoms with Gasteiger partial charge in [-0.05, 0) is 26.2 Å². The van der Waals surface area contributed by atoms with E-state index in [9.17, 15) is 0 Å². The zero-order chi connectivity index (χ0) is 15.5. The van der Waals surface area contributed by atoms with Crippen molar-refractivity contribution in [2.45, 2.75) is 6.61 Å². The molecule has 0 amide bonds. The number of anilines is 1. The number of rotatable bonds is 6. The van der Waals surface area contributed by atoms with Crippen LogP contribution in [0.1, 0.15) is 5.82 Å². The van der Waals surface area contributed by atoms with Crippen molar-refractivity contribution < 1.29 is 4.74 Å². The molecular formula is C15H20N6O. The Balaban J connectivity index is 2.11. The molecule has 0 aliphatic heterocycles. The van der Waals surface area contributed by atoms with Crippen LogP contribution in [0.4, 0.5) is 5.95 Å². The molecule has 1 aromatic carbocycles. The first-order valence-corrected chi connectivity index (χ1v) is 7.21. The molecule has 7 heteroatoms. The van der Waals surface area contributed by atoms with Crippen molar-refractivity contribution in [1.82, 2.24) is 24.5 Å². The predicted octanol–water partition coefficient (Wildman–Crippen LogP) is 1.40. The van der Waals surface area contributed by atoms with Crippen LogP contribution in [0.3, 0.4) is 0 Å². The maximum atomic E-state index is 5.22. The average molecular weight is 300 g/mol. The van der Waals surface area contributed by atoms with Gasteiger partial charge in [0.2, 0.25) is 5.95 Å². The molecule has 0 saturated heterocycles. The minimum atomic E-state index is 0.392. The highest BCUT2D eigenvalue weighted by Crippen LogP contribution is 2.21. The SMILES string of the molecule is COCc1nnc2c3ccccc3nc(NCCN(C)C)n12. The maximum Gasteiger partial charge on any atom is 0.210 e. The number of methoxy groups -OCH3 is 1. The Morgan fingerprint density at radius 3 is 2.82 bits per heavy atom. The predicted molar refractivity (Wildman–Crippen MR) is 86.0 cm³/mol. The highest BCUT2D eigenvalue weighted by molar-refractivity contribution is 5.92. The van der Waals surface area contributed by atoms with Gasteiger partial charge in [-0.25, -0.2) is 9.38 Å². The van der Waals surface area contributed by atoms with Crippen LogP contribution in [0.2, 0.25) is 0 Å². The van der Waals surface area contributed by atoms with E-state index in [0.29, 0.717) is 6.61 Å². The summed E-state index contributed by atoms with van der Waals surface area (Å²) in [5.74, 6) is 1.48. The van der Waals surface area contributed by atoms with Gasteiger partial charge >= 0.3 is 0 Å². The van der Waals surface area contributed by atoms with E-state index < -0.39 is 0 Å². The monoisotopic (exact) mass is 300 g/mol. The lowest BCUT2D eigenvalue weighted by molar-refractivity contribution is 0.177. The molecule has 0 aliphatic rings. The molecule has 0 radical (unpaired) electrons. The largest absolute Gasteiger partial charge is 0.377 e. The van der Waals surface area contributed by atoms with Crippen molar-refractivity contribution in [2.24, 2.45) is 0 Å². The first-order chi connectivity index (χ1) is 10.7. The molecule has 22 heavy (non-hydrogen) atoms. The summed E-state index contributed by atoms with van der Waals surface area (Å²) in [5, 5.41) is 12.9. The summed E-state index contributed by atoms with van der Waals surface area (Å²) < 4.78 is 7.15. The lowest BCUT2D eigenvalue weighted by Crippen LogP contribution is -2.22. The van der Waals surface area contributed by atoms with E-state index in [0.717, 1.165) is 41.4 Å². The van der Waals surface area contributed by atoms with E-state index in [1.54, 1.807) is 7.11 Å². The van der Waals surface area contributed by atoms with Crippen LogP contribution < -0.4 is 5.32 Å². The van der Waals surface area contributed by atoms with Crippen molar-refractivity contribution in [2.75, 3.05) is 39.6 Å². The van der Waals surface area contributed by atoms with Gasteiger partial charge in [0.15, 0.2) is 11.5 Å². The fourth-order valence-corrected chi connectivity index (χ4v) is 2.37. The van der Waals surface area contributed by atoms with Crippen LogP contribution in [-0.2, 0) is 11.3 Å². The van der Waals surface area contributed by atoms with Crippen LogP contribution in [0.15, 0.2) is 24.3 Å². The number of nitrogens with one attached hydrogen (secondary N) is 1. The Bertz CT molecular complexity index is 782. The van der Waals surface area contributed by atoms with Crippen molar-refractivity contribution in [3.05, 3.63) is 30.1 Å². The Hall–Kier alpha value is -2.25. The Morgan fingerprint density at radius 1 is 1.23 bits per heavy atom. The van der Waals surface area contributed by atoms with Gasteiger partial charge in [-0.15, -0.1) is 10.2 Å². The molecule has 0 unspecified atom stereocenters. The quantitative estimate of drug-likeness (QED) is 0.742. The normalized spacial score (nSPS) is 11.6. The summed E-state index contributed by atoms with van der Waals surface area (Å²) >= 11 is 0. The second kappa shape index (κ2) is 6.25. The fraction of sp³-hybridized carbons (Fsp3) is 0.400. The van der Waals surface area contributed by atoms with Crippen molar-refractivity contribution in [1.29, 1.82) is 0 Å². The molecule has 3 rings (SSSR count). The second-order valence-corrected chi connectivity index (χ2v) is 5.39. The first kappa shape index (κ1) is 14.7. The number of ether oxygens (including phenoxy) is 1. The number of hydrogen-bond donors (Lipinski definition) is 1. The standard InChI is InChI=1S/C15H20N6O/c1-20(2)9-8-16-15-17-12-7-5-4-6-11(12)14-19-18-13(10-22-3)21(14)15/h4-7H,8-10H2,1-3H3,(H,16,17). The molecular weight excluding hydrogens is 280 g/mol. The summed E-state index contributed by atoms with van der Waals surface area (Å²) in [4.78, 5) is 6.83. The van der Waals surface area contributed by atoms with E-state index in [2.05, 4.69) is 20.4 Å². The lowest BCUT2D eigenvalue weighted by atomic mass is 10.2. The zero-order valence-electron chi connectivity index (χ0n) is 13.1. The summed E-state index contributed by atoms with van der Waals surface area (Å²) in [5.41, 5.74) is 1.70. The fourth-order valence-electron chi connectivity index (χ4n) is 2.37. The minimum absolute atomic E-state index is 0.392. The number of likely N-dealkylation sites (N-methyl/N-ethyl adjacent to an activating group) is 1. The lowest BCUT2D eigenvalue weighted by Gasteiger charge is -2.13. The van der Waals surface area contributed by atoms with Crippen LogP contribution in [0, 0.1) is 0 Å². The zero-order valence-corrected chi connectivity index (χ0v) is 13.1. The topological polar surface area (TPSA) is 67.6 Å². The van der Waals surface area contributed by atoms with Crippen LogP contribution >= 0.6 is 0 Å². The van der Waals surface area contributed by atoms with Gasteiger partial charge in [-0.3, -0.25) is 0 Å². The number of aromatic nitrogens is 4. The number of nitrogens with zero attached hydrogens (tertiary/aromatic N) is 5. The molecule has 2 heterocycles. The second-order valence-electron chi connectivity index (χ2n) is 5.39. The van der Waals surface area contributed by atoms with Crippen molar-refractivity contribution in [3.8, 4) is 0 Å². The molecule has 0 atom stereocenters. The molecule has 0 saturated carbocycles. The Kier molecular flexibility index (Phi) is 4.17. The number of para-hydroxylation sites is 1. The smallest absolute Gasteiger partial charge is 0.210 e. The van der Waals surface area contributed by atoms with Gasteiger partial charge in [0.1, 0.15) is 6.61 Å². The third-order valence-electron chi connectivity index (χ3n) is 3.43. The van der Waals surface area contributed by atoms with Crippen LogP contribution in [-0.4, -0.2) is 58.8 Å². The van der Waals surface area contributed by atoms with Gasteiger partial charge in [-0.1, -0.05) is 12.1 Å². The van der Waals surface area contributed by atoms with Crippen molar-refractivity contribution >= 4 is 22.5 Å². The van der Waals surface area contributed by atoms with E-state index in [1.165, 1.54) is 0 Å². The number of benzene rings is 1. The van der Waals surface area contributed by atoms with E-state index in [-0.39, 0.29) is 0 Å². The van der Waals surface area contributed by atoms with Gasteiger partial charge in [0.25, 0.3) is 0 Å². The summed E-state index contributed by atoms with van der Waals surface area (Å²) in [7, 11) is 5.73. The summed E-state index contributed by atoms with van der Waals surface area (Å²) in [6, 6.07) is 7.94. The number of fused-ring (bicyclic) bond motifs is 3. The Labute approximate surface area is 128 Å². The third kappa shape index (κ3) is 2.72. The summed E-state index contributed by atoms with van der Waals surface area (Å²) in [6.07, 6.45) is 0. The van der Waals surface area contributed by atoms with Gasteiger partial charge in [0, 0.05) is 25.6 Å². The third-order valence-corrected chi connectivity index (χ3v) is 3.43. The highest BCUT2D eigenvalue weighted by Gasteiger charge is 2.14. The summed E-state index contributed by atoms with van der Waals surface area (Å²) in [6.45, 7) is 2.10. The van der Waals surface area contributed by atoms with Crippen LogP contribution in [0.5, 0.6) is 0 Å². The molecule has 2 aromatic heterocycles. The molecule has 1 N–H and O–H groups in total. The molecule has 0 bridgehead atoms. The van der Waals surface area contributed by atoms with E-state index in [4.69, 9.17) is 9.72 Å². The number of hydrogen-bond acceptors (Lipinski definition) is 6. The van der Waals surface area contributed by atoms with E-state index in [1.807, 2.05) is 42.8 Å². The van der Waals surface area contributed by atoms with Crippen LogP contribution in [0.25, 0.3) is 16.6 Å². The maximum absolute atomic E-state index is 5.22. The van der Waals surface area contributed by atoms with E-state index >= 15 is 0 Å². The minimum Gasteiger partial charge on any atom is -0.377 e. The Morgan fingerprint density at radius 2 is 2.05 bits per heavy atom. The van der Waals surface area contributed by atoms with Gasteiger partial charge < -0.3 is 15.0 Å². The molecule has 0 aliphatic carbocycles. The molecule has 3 aromatic rings. The molecule has 0 spiro atoms. The first-order valence-electron chi connectivity index (χ1n) is 7.21. The molecule has 7 nitrogen and oxygen atoms in total. The highest BCUT2D eigenvalue weighted by atomic mass is 16.5. The molecule has 0 fully saturated rings.